The molecule has 0 spiro atoms. The molecule has 0 bridgehead atoms. The van der Waals surface area contributed by atoms with Crippen LogP contribution in [0.2, 0.25) is 0 Å². The Morgan fingerprint density at radius 2 is 1.86 bits per heavy atom. The van der Waals surface area contributed by atoms with Gasteiger partial charge in [-0.25, -0.2) is 4.79 Å². The third-order valence-electron chi connectivity index (χ3n) is 3.62. The molecule has 0 fully saturated rings. The van der Waals surface area contributed by atoms with Crippen molar-refractivity contribution in [1.29, 1.82) is 0 Å². The van der Waals surface area contributed by atoms with Gasteiger partial charge in [0.2, 0.25) is 0 Å². The van der Waals surface area contributed by atoms with E-state index in [1.807, 2.05) is 30.3 Å². The minimum absolute atomic E-state index is 0.0954. The summed E-state index contributed by atoms with van der Waals surface area (Å²) in [6, 6.07) is 14.0. The van der Waals surface area contributed by atoms with Gasteiger partial charge in [0, 0.05) is 5.56 Å². The molecule has 0 aliphatic carbocycles. The number of carbonyl (C=O) groups excluding carboxylic acids is 1. The first-order valence-corrected chi connectivity index (χ1v) is 6.63. The lowest BCUT2D eigenvalue weighted by Crippen LogP contribution is -2.26. The molecular formula is C17H13NO3. The first-order valence-electron chi connectivity index (χ1n) is 6.63. The normalized spacial score (nSPS) is 17.1. The Hall–Kier alpha value is -2.75. The number of aromatic carboxylic acids is 1. The van der Waals surface area contributed by atoms with E-state index >= 15 is 0 Å². The lowest BCUT2D eigenvalue weighted by molar-refractivity contribution is 0.0697. The van der Waals surface area contributed by atoms with Crippen molar-refractivity contribution in [3.05, 3.63) is 65.2 Å². The number of ketones is 1. The molecule has 1 N–H and O–H groups in total. The number of hydrogen-bond acceptors (Lipinski definition) is 3. The molecule has 0 saturated carbocycles. The maximum Gasteiger partial charge on any atom is 0.335 e. The first kappa shape index (κ1) is 13.2. The summed E-state index contributed by atoms with van der Waals surface area (Å²) in [5, 5.41) is 9.02. The zero-order chi connectivity index (χ0) is 15.0. The fourth-order valence-corrected chi connectivity index (χ4v) is 2.47. The average Bonchev–Trinajstić information content (AvgIpc) is 2.51. The predicted octanol–water partition coefficient (Wildman–Crippen LogP) is 3.34. The molecule has 3 rings (SSSR count). The number of rotatable bonds is 2. The topological polar surface area (TPSA) is 66.7 Å². The monoisotopic (exact) mass is 279 g/mol. The van der Waals surface area contributed by atoms with Crippen LogP contribution in [0.5, 0.6) is 0 Å². The van der Waals surface area contributed by atoms with E-state index in [0.29, 0.717) is 11.3 Å². The molecule has 2 aromatic rings. The van der Waals surface area contributed by atoms with Crippen molar-refractivity contribution in [2.24, 2.45) is 10.9 Å². The third kappa shape index (κ3) is 2.25. The van der Waals surface area contributed by atoms with Crippen LogP contribution in [0.1, 0.15) is 33.2 Å². The SMILES string of the molecule is CC1C(=O)c2cc(C(=O)O)ccc2N=C1c1ccccc1. The molecule has 0 saturated heterocycles. The number of carboxylic acids is 1. The van der Waals surface area contributed by atoms with Crippen LogP contribution in [0, 0.1) is 5.92 Å². The molecule has 1 atom stereocenters. The van der Waals surface area contributed by atoms with Crippen LogP contribution >= 0.6 is 0 Å². The Morgan fingerprint density at radius 3 is 2.52 bits per heavy atom. The standard InChI is InChI=1S/C17H13NO3/c1-10-15(11-5-3-2-4-6-11)18-14-8-7-12(17(20)21)9-13(14)16(10)19/h2-10H,1H3,(H,20,21). The van der Waals surface area contributed by atoms with Crippen molar-refractivity contribution in [2.45, 2.75) is 6.92 Å². The molecule has 1 aliphatic heterocycles. The highest BCUT2D eigenvalue weighted by Gasteiger charge is 2.29. The molecule has 0 amide bonds. The first-order chi connectivity index (χ1) is 10.1. The van der Waals surface area contributed by atoms with Crippen molar-refractivity contribution < 1.29 is 14.7 Å². The van der Waals surface area contributed by atoms with Gasteiger partial charge >= 0.3 is 5.97 Å². The van der Waals surface area contributed by atoms with Crippen LogP contribution in [-0.4, -0.2) is 22.6 Å². The smallest absolute Gasteiger partial charge is 0.335 e. The van der Waals surface area contributed by atoms with Crippen molar-refractivity contribution in [3.8, 4) is 0 Å². The molecule has 4 heteroatoms. The highest BCUT2D eigenvalue weighted by molar-refractivity contribution is 6.23. The van der Waals surface area contributed by atoms with E-state index in [-0.39, 0.29) is 17.3 Å². The summed E-state index contributed by atoms with van der Waals surface area (Å²) in [4.78, 5) is 28.1. The maximum atomic E-state index is 12.5. The maximum absolute atomic E-state index is 12.5. The lowest BCUT2D eigenvalue weighted by atomic mass is 9.87. The minimum atomic E-state index is -1.05. The quantitative estimate of drug-likeness (QED) is 0.916. The van der Waals surface area contributed by atoms with Gasteiger partial charge in [-0.15, -0.1) is 0 Å². The number of nitrogens with zero attached hydrogens (tertiary/aromatic N) is 1. The second-order valence-corrected chi connectivity index (χ2v) is 4.99. The fraction of sp³-hybridized carbons (Fsp3) is 0.118. The number of Topliss-reactive ketones (excluding diaryl/α,β-unsaturated/α-hetero) is 1. The number of hydrogen-bond donors (Lipinski definition) is 1. The van der Waals surface area contributed by atoms with Crippen molar-refractivity contribution in [1.82, 2.24) is 0 Å². The van der Waals surface area contributed by atoms with Gasteiger partial charge in [-0.1, -0.05) is 30.3 Å². The molecule has 1 unspecified atom stereocenters. The molecular weight excluding hydrogens is 266 g/mol. The number of benzene rings is 2. The van der Waals surface area contributed by atoms with Crippen LogP contribution in [0.25, 0.3) is 0 Å². The second-order valence-electron chi connectivity index (χ2n) is 4.99. The van der Waals surface area contributed by atoms with Gasteiger partial charge < -0.3 is 5.11 Å². The Labute approximate surface area is 121 Å². The van der Waals surface area contributed by atoms with E-state index in [1.54, 1.807) is 13.0 Å². The van der Waals surface area contributed by atoms with Gasteiger partial charge in [-0.05, 0) is 30.7 Å². The summed E-state index contributed by atoms with van der Waals surface area (Å²) in [5.41, 5.74) is 2.64. The van der Waals surface area contributed by atoms with E-state index in [9.17, 15) is 9.59 Å². The Kier molecular flexibility index (Phi) is 3.14. The second kappa shape index (κ2) is 4.98. The average molecular weight is 279 g/mol. The number of carbonyl (C=O) groups is 2. The number of carboxylic acid groups (broad SMARTS) is 1. The Morgan fingerprint density at radius 1 is 1.14 bits per heavy atom. The van der Waals surface area contributed by atoms with E-state index in [2.05, 4.69) is 4.99 Å². The van der Waals surface area contributed by atoms with Crippen molar-refractivity contribution in [2.75, 3.05) is 0 Å². The Bertz CT molecular complexity index is 763. The molecule has 1 heterocycles. The highest BCUT2D eigenvalue weighted by atomic mass is 16.4. The van der Waals surface area contributed by atoms with E-state index in [1.165, 1.54) is 12.1 Å². The summed E-state index contributed by atoms with van der Waals surface area (Å²) in [7, 11) is 0. The lowest BCUT2D eigenvalue weighted by Gasteiger charge is -2.21. The van der Waals surface area contributed by atoms with Crippen molar-refractivity contribution in [3.63, 3.8) is 0 Å². The fourth-order valence-electron chi connectivity index (χ4n) is 2.47. The predicted molar refractivity (Wildman–Crippen MR) is 79.5 cm³/mol. The van der Waals surface area contributed by atoms with Crippen LogP contribution in [-0.2, 0) is 0 Å². The largest absolute Gasteiger partial charge is 0.478 e. The summed E-state index contributed by atoms with van der Waals surface area (Å²) in [6.45, 7) is 1.80. The van der Waals surface area contributed by atoms with E-state index in [0.717, 1.165) is 11.3 Å². The molecule has 0 aromatic heterocycles. The molecule has 21 heavy (non-hydrogen) atoms. The molecule has 104 valence electrons. The molecule has 2 aromatic carbocycles. The molecule has 1 aliphatic rings. The van der Waals surface area contributed by atoms with Crippen LogP contribution in [0.3, 0.4) is 0 Å². The molecule has 0 radical (unpaired) electrons. The highest BCUT2D eigenvalue weighted by Crippen LogP contribution is 2.31. The zero-order valence-corrected chi connectivity index (χ0v) is 11.4. The van der Waals surface area contributed by atoms with Gasteiger partial charge in [0.05, 0.1) is 22.9 Å². The summed E-state index contributed by atoms with van der Waals surface area (Å²) >= 11 is 0. The minimum Gasteiger partial charge on any atom is -0.478 e. The number of aliphatic imine (C=N–C) groups is 1. The van der Waals surface area contributed by atoms with Gasteiger partial charge in [0.15, 0.2) is 5.78 Å². The van der Waals surface area contributed by atoms with Gasteiger partial charge in [-0.3, -0.25) is 9.79 Å². The Balaban J connectivity index is 2.15. The molecule has 4 nitrogen and oxygen atoms in total. The van der Waals surface area contributed by atoms with Crippen molar-refractivity contribution >= 4 is 23.2 Å². The van der Waals surface area contributed by atoms with Crippen LogP contribution < -0.4 is 0 Å². The van der Waals surface area contributed by atoms with Gasteiger partial charge in [0.1, 0.15) is 0 Å². The summed E-state index contributed by atoms with van der Waals surface area (Å²) < 4.78 is 0. The van der Waals surface area contributed by atoms with Crippen LogP contribution in [0.4, 0.5) is 5.69 Å². The van der Waals surface area contributed by atoms with Gasteiger partial charge in [-0.2, -0.15) is 0 Å². The van der Waals surface area contributed by atoms with E-state index in [4.69, 9.17) is 5.11 Å². The van der Waals surface area contributed by atoms with Gasteiger partial charge in [0.25, 0.3) is 0 Å². The summed E-state index contributed by atoms with van der Waals surface area (Å²) in [5.74, 6) is -1.53. The van der Waals surface area contributed by atoms with E-state index < -0.39 is 5.97 Å². The summed E-state index contributed by atoms with van der Waals surface area (Å²) in [6.07, 6.45) is 0. The third-order valence-corrected chi connectivity index (χ3v) is 3.62. The van der Waals surface area contributed by atoms with Crippen LogP contribution in [0.15, 0.2) is 53.5 Å². The zero-order valence-electron chi connectivity index (χ0n) is 11.4. The number of fused-ring (bicyclic) bond motifs is 1.